The molecule has 3 rings (SSSR count). The Bertz CT molecular complexity index is 947. The summed E-state index contributed by atoms with van der Waals surface area (Å²) in [6, 6.07) is 11.6. The van der Waals surface area contributed by atoms with Gasteiger partial charge in [0.2, 0.25) is 0 Å². The van der Waals surface area contributed by atoms with Crippen LogP contribution >= 0.6 is 0 Å². The molecule has 0 saturated carbocycles. The van der Waals surface area contributed by atoms with E-state index in [0.717, 1.165) is 34.8 Å². The zero-order valence-electron chi connectivity index (χ0n) is 17.0. The number of carbonyl (C=O) groups is 1. The van der Waals surface area contributed by atoms with E-state index in [2.05, 4.69) is 36.7 Å². The number of hydrogen-bond acceptors (Lipinski definition) is 3. The maximum absolute atomic E-state index is 12.8. The molecule has 146 valence electrons. The molecule has 0 saturated heterocycles. The van der Waals surface area contributed by atoms with Crippen LogP contribution in [0.3, 0.4) is 0 Å². The number of benzene rings is 1. The summed E-state index contributed by atoms with van der Waals surface area (Å²) >= 11 is 0. The van der Waals surface area contributed by atoms with Crippen LogP contribution in [-0.4, -0.2) is 17.1 Å². The molecule has 0 fully saturated rings. The number of carbonyl (C=O) groups excluding carboxylic acids is 1. The first kappa shape index (κ1) is 19.8. The number of aromatic nitrogens is 1. The quantitative estimate of drug-likeness (QED) is 0.624. The summed E-state index contributed by atoms with van der Waals surface area (Å²) in [7, 11) is 0. The fourth-order valence-corrected chi connectivity index (χ4v) is 3.65. The molecule has 1 aromatic carbocycles. The van der Waals surface area contributed by atoms with E-state index in [9.17, 15) is 10.1 Å². The minimum atomic E-state index is -0.349. The number of nitriles is 1. The molecule has 0 spiro atoms. The number of fused-ring (bicyclic) bond motifs is 1. The van der Waals surface area contributed by atoms with Crippen molar-refractivity contribution in [2.75, 3.05) is 6.61 Å². The normalized spacial score (nSPS) is 16.3. The summed E-state index contributed by atoms with van der Waals surface area (Å²) in [6.07, 6.45) is 2.38. The van der Waals surface area contributed by atoms with Crippen LogP contribution in [0.15, 0.2) is 35.9 Å². The van der Waals surface area contributed by atoms with Crippen LogP contribution in [0.25, 0.3) is 6.08 Å². The molecule has 0 aliphatic carbocycles. The van der Waals surface area contributed by atoms with Gasteiger partial charge in [-0.05, 0) is 43.5 Å². The molecule has 2 heterocycles. The van der Waals surface area contributed by atoms with Gasteiger partial charge in [-0.15, -0.1) is 0 Å². The van der Waals surface area contributed by atoms with Crippen molar-refractivity contribution in [3.63, 3.8) is 0 Å². The van der Waals surface area contributed by atoms with Gasteiger partial charge in [-0.3, -0.25) is 4.79 Å². The molecule has 5 nitrogen and oxygen atoms in total. The molecule has 0 bridgehead atoms. The molecular formula is C23H27N3O2. The van der Waals surface area contributed by atoms with E-state index in [-0.39, 0.29) is 17.5 Å². The number of aryl methyl sites for hydroxylation is 1. The van der Waals surface area contributed by atoms with Gasteiger partial charge >= 0.3 is 0 Å². The van der Waals surface area contributed by atoms with Crippen LogP contribution in [0.1, 0.15) is 48.8 Å². The molecule has 1 N–H and O–H groups in total. The van der Waals surface area contributed by atoms with Crippen molar-refractivity contribution in [2.24, 2.45) is 5.92 Å². The molecule has 0 unspecified atom stereocenters. The number of rotatable bonds is 5. The van der Waals surface area contributed by atoms with E-state index in [1.807, 2.05) is 37.3 Å². The first-order valence-electron chi connectivity index (χ1n) is 9.71. The summed E-state index contributed by atoms with van der Waals surface area (Å²) in [5.74, 6) is 0.964. The number of ether oxygens (including phenoxy) is 1. The Morgan fingerprint density at radius 3 is 2.86 bits per heavy atom. The third-order valence-corrected chi connectivity index (χ3v) is 5.09. The number of amides is 1. The maximum Gasteiger partial charge on any atom is 0.262 e. The first-order chi connectivity index (χ1) is 13.4. The number of para-hydroxylation sites is 1. The molecule has 28 heavy (non-hydrogen) atoms. The van der Waals surface area contributed by atoms with Crippen molar-refractivity contribution < 1.29 is 9.53 Å². The molecule has 1 aliphatic rings. The van der Waals surface area contributed by atoms with E-state index in [0.29, 0.717) is 18.9 Å². The average molecular weight is 377 g/mol. The highest BCUT2D eigenvalue weighted by atomic mass is 16.5. The van der Waals surface area contributed by atoms with Gasteiger partial charge in [-0.25, -0.2) is 0 Å². The van der Waals surface area contributed by atoms with Gasteiger partial charge in [-0.1, -0.05) is 32.0 Å². The minimum Gasteiger partial charge on any atom is -0.493 e. The number of nitrogens with one attached hydrogen (secondary N) is 1. The topological polar surface area (TPSA) is 67.1 Å². The lowest BCUT2D eigenvalue weighted by Crippen LogP contribution is -2.32. The highest BCUT2D eigenvalue weighted by molar-refractivity contribution is 6.02. The molecule has 2 aromatic rings. The van der Waals surface area contributed by atoms with Crippen LogP contribution in [0, 0.1) is 31.1 Å². The second-order valence-electron chi connectivity index (χ2n) is 7.70. The Labute approximate surface area is 166 Å². The second kappa shape index (κ2) is 8.35. The predicted molar refractivity (Wildman–Crippen MR) is 110 cm³/mol. The highest BCUT2D eigenvalue weighted by Crippen LogP contribution is 2.31. The monoisotopic (exact) mass is 377 g/mol. The molecule has 1 atom stereocenters. The van der Waals surface area contributed by atoms with E-state index < -0.39 is 0 Å². The summed E-state index contributed by atoms with van der Waals surface area (Å²) in [5, 5.41) is 12.6. The summed E-state index contributed by atoms with van der Waals surface area (Å²) < 4.78 is 7.88. The van der Waals surface area contributed by atoms with Crippen LogP contribution in [0.4, 0.5) is 0 Å². The lowest BCUT2D eigenvalue weighted by atomic mass is 10.00. The highest BCUT2D eigenvalue weighted by Gasteiger charge is 2.24. The van der Waals surface area contributed by atoms with Crippen molar-refractivity contribution in [3.8, 4) is 11.8 Å². The van der Waals surface area contributed by atoms with Gasteiger partial charge in [0, 0.05) is 29.9 Å². The number of hydrogen-bond donors (Lipinski definition) is 1. The predicted octanol–water partition coefficient (Wildman–Crippen LogP) is 4.31. The average Bonchev–Trinajstić information content (AvgIpc) is 2.93. The summed E-state index contributed by atoms with van der Waals surface area (Å²) in [6.45, 7) is 9.89. The first-order valence-corrected chi connectivity index (χ1v) is 9.71. The summed E-state index contributed by atoms with van der Waals surface area (Å²) in [4.78, 5) is 12.8. The van der Waals surface area contributed by atoms with Crippen molar-refractivity contribution in [2.45, 2.75) is 46.7 Å². The zero-order valence-corrected chi connectivity index (χ0v) is 17.0. The smallest absolute Gasteiger partial charge is 0.262 e. The van der Waals surface area contributed by atoms with Crippen LogP contribution in [-0.2, 0) is 11.3 Å². The van der Waals surface area contributed by atoms with Crippen molar-refractivity contribution in [1.29, 1.82) is 5.26 Å². The van der Waals surface area contributed by atoms with Crippen LogP contribution in [0.5, 0.6) is 5.75 Å². The molecule has 1 aromatic heterocycles. The third-order valence-electron chi connectivity index (χ3n) is 5.09. The lowest BCUT2D eigenvalue weighted by molar-refractivity contribution is -0.117. The van der Waals surface area contributed by atoms with E-state index in [1.165, 1.54) is 0 Å². The van der Waals surface area contributed by atoms with Gasteiger partial charge in [-0.2, -0.15) is 5.26 Å². The SMILES string of the molecule is Cc1cc(/C=C(\C#N)C(=O)N[C@@H]2CCOc3ccccc32)c(C)n1CC(C)C. The molecule has 1 amide bonds. The minimum absolute atomic E-state index is 0.119. The van der Waals surface area contributed by atoms with E-state index in [1.54, 1.807) is 6.08 Å². The summed E-state index contributed by atoms with van der Waals surface area (Å²) in [5.41, 5.74) is 4.19. The van der Waals surface area contributed by atoms with Gasteiger partial charge in [0.1, 0.15) is 17.4 Å². The van der Waals surface area contributed by atoms with Gasteiger partial charge in [0.05, 0.1) is 12.6 Å². The Hall–Kier alpha value is -3.00. The van der Waals surface area contributed by atoms with E-state index >= 15 is 0 Å². The molecule has 1 aliphatic heterocycles. The Morgan fingerprint density at radius 1 is 1.39 bits per heavy atom. The Morgan fingerprint density at radius 2 is 2.14 bits per heavy atom. The second-order valence-corrected chi connectivity index (χ2v) is 7.70. The largest absolute Gasteiger partial charge is 0.493 e. The zero-order chi connectivity index (χ0) is 20.3. The Kier molecular flexibility index (Phi) is 5.89. The fraction of sp³-hybridized carbons (Fsp3) is 0.391. The van der Waals surface area contributed by atoms with E-state index in [4.69, 9.17) is 4.74 Å². The Balaban J connectivity index is 1.83. The van der Waals surface area contributed by atoms with Crippen molar-refractivity contribution >= 4 is 12.0 Å². The van der Waals surface area contributed by atoms with Crippen LogP contribution < -0.4 is 10.1 Å². The molecular weight excluding hydrogens is 350 g/mol. The maximum atomic E-state index is 12.8. The standard InChI is InChI=1S/C23H27N3O2/c1-15(2)14-26-16(3)11-18(17(26)4)12-19(13-24)23(27)25-21-9-10-28-22-8-6-5-7-20(21)22/h5-8,11-12,15,21H,9-10,14H2,1-4H3,(H,25,27)/b19-12+/t21-/m1/s1. The van der Waals surface area contributed by atoms with Gasteiger partial charge < -0.3 is 14.6 Å². The fourth-order valence-electron chi connectivity index (χ4n) is 3.65. The van der Waals surface area contributed by atoms with Gasteiger partial charge in [0.15, 0.2) is 0 Å². The van der Waals surface area contributed by atoms with Crippen molar-refractivity contribution in [1.82, 2.24) is 9.88 Å². The third kappa shape index (κ3) is 4.12. The number of nitrogens with zero attached hydrogens (tertiary/aromatic N) is 2. The molecule has 5 heteroatoms. The van der Waals surface area contributed by atoms with Crippen molar-refractivity contribution in [3.05, 3.63) is 58.4 Å². The van der Waals surface area contributed by atoms with Crippen LogP contribution in [0.2, 0.25) is 0 Å². The van der Waals surface area contributed by atoms with Gasteiger partial charge in [0.25, 0.3) is 5.91 Å². The lowest BCUT2D eigenvalue weighted by Gasteiger charge is -2.26. The molecule has 0 radical (unpaired) electrons.